The molecule has 3 atom stereocenters. The summed E-state index contributed by atoms with van der Waals surface area (Å²) in [6.45, 7) is 2.12. The van der Waals surface area contributed by atoms with Crippen LogP contribution in [0.2, 0.25) is 0 Å². The summed E-state index contributed by atoms with van der Waals surface area (Å²) in [6, 6.07) is 10.9. The first-order valence-corrected chi connectivity index (χ1v) is 12.9. The number of hydrogen-bond donors (Lipinski definition) is 2. The minimum atomic E-state index is -0.405. The fraction of sp³-hybridized carbons (Fsp3) is 0.360. The smallest absolute Gasteiger partial charge is 0.414 e. The third kappa shape index (κ3) is 4.75. The van der Waals surface area contributed by atoms with Crippen LogP contribution in [0.5, 0.6) is 11.6 Å². The number of methoxy groups -OCH3 is 1. The van der Waals surface area contributed by atoms with Gasteiger partial charge in [0.1, 0.15) is 24.3 Å². The number of cyclic esters (lactones) is 1. The number of hydrogen-bond acceptors (Lipinski definition) is 10. The van der Waals surface area contributed by atoms with Crippen molar-refractivity contribution >= 4 is 46.0 Å². The molecule has 0 radical (unpaired) electrons. The molecular formula is C25H26N6O5S. The molecule has 2 fully saturated rings. The predicted molar refractivity (Wildman–Crippen MR) is 138 cm³/mol. The lowest BCUT2D eigenvalue weighted by molar-refractivity contribution is -0.113. The number of nitrogens with zero attached hydrogens (tertiary/aromatic N) is 4. The predicted octanol–water partition coefficient (Wildman–Crippen LogP) is 2.10. The van der Waals surface area contributed by atoms with Crippen molar-refractivity contribution in [2.45, 2.75) is 23.1 Å². The number of fused-ring (bicyclic) bond motifs is 2. The minimum absolute atomic E-state index is 0.0484. The maximum atomic E-state index is 12.7. The van der Waals surface area contributed by atoms with Crippen LogP contribution in [-0.4, -0.2) is 84.2 Å². The molecule has 3 aromatic rings. The van der Waals surface area contributed by atoms with Gasteiger partial charge in [-0.25, -0.2) is 14.8 Å². The summed E-state index contributed by atoms with van der Waals surface area (Å²) in [7, 11) is 1.61. The number of aromatic nitrogens is 2. The second-order valence-electron chi connectivity index (χ2n) is 9.23. The molecule has 0 spiro atoms. The van der Waals surface area contributed by atoms with Gasteiger partial charge in [0.15, 0.2) is 0 Å². The molecule has 2 amide bonds. The number of nitrogens with one attached hydrogen (secondary N) is 1. The Morgan fingerprint density at radius 2 is 2.05 bits per heavy atom. The van der Waals surface area contributed by atoms with Gasteiger partial charge in [0.05, 0.1) is 42.0 Å². The second kappa shape index (κ2) is 9.69. The molecule has 1 aromatic heterocycles. The fourth-order valence-corrected chi connectivity index (χ4v) is 5.67. The van der Waals surface area contributed by atoms with Gasteiger partial charge >= 0.3 is 6.09 Å². The van der Waals surface area contributed by atoms with Gasteiger partial charge in [0.25, 0.3) is 0 Å². The number of carbonyl (C=O) groups is 2. The summed E-state index contributed by atoms with van der Waals surface area (Å²) in [5.41, 5.74) is 8.59. The van der Waals surface area contributed by atoms with E-state index in [0.29, 0.717) is 49.2 Å². The Balaban J connectivity index is 1.10. The van der Waals surface area contributed by atoms with E-state index < -0.39 is 6.09 Å². The van der Waals surface area contributed by atoms with Crippen molar-refractivity contribution < 1.29 is 23.8 Å². The molecule has 2 saturated heterocycles. The molecule has 6 rings (SSSR count). The average Bonchev–Trinajstić information content (AvgIpc) is 3.44. The second-order valence-corrected chi connectivity index (χ2v) is 10.3. The zero-order chi connectivity index (χ0) is 25.5. The van der Waals surface area contributed by atoms with Gasteiger partial charge in [-0.1, -0.05) is 0 Å². The Morgan fingerprint density at radius 1 is 1.16 bits per heavy atom. The van der Waals surface area contributed by atoms with Gasteiger partial charge in [0.2, 0.25) is 11.8 Å². The van der Waals surface area contributed by atoms with E-state index in [9.17, 15) is 9.59 Å². The topological polar surface area (TPSA) is 132 Å². The summed E-state index contributed by atoms with van der Waals surface area (Å²) in [4.78, 5) is 37.8. The van der Waals surface area contributed by atoms with Crippen molar-refractivity contribution in [3.63, 3.8) is 0 Å². The van der Waals surface area contributed by atoms with Crippen LogP contribution in [0.3, 0.4) is 0 Å². The number of likely N-dealkylation sites (tertiary alicyclic amines) is 1. The standard InChI is InChI=1S/C25H26N6O5S/c1-34-15-3-4-19-17(7-15)24(28-13-27-19)36-21-11-30(10-18(21)26)8-16-9-31(25(33)35-16)14-2-5-22-20(6-14)29-23(32)12-37-22/h2-7,13,16,18,21H,8-12,26H2,1H3,(H,29,32)/t16-,18-,21-/m1/s1. The van der Waals surface area contributed by atoms with Crippen molar-refractivity contribution in [2.75, 3.05) is 49.3 Å². The summed E-state index contributed by atoms with van der Waals surface area (Å²) >= 11 is 1.48. The number of benzene rings is 2. The fourth-order valence-electron chi connectivity index (χ4n) is 4.88. The first-order valence-electron chi connectivity index (χ1n) is 11.9. The largest absolute Gasteiger partial charge is 0.497 e. The maximum absolute atomic E-state index is 12.7. The summed E-state index contributed by atoms with van der Waals surface area (Å²) in [5.74, 6) is 1.50. The Morgan fingerprint density at radius 3 is 2.92 bits per heavy atom. The molecule has 37 heavy (non-hydrogen) atoms. The number of nitrogens with two attached hydrogens (primary N) is 1. The lowest BCUT2D eigenvalue weighted by atomic mass is 10.2. The van der Waals surface area contributed by atoms with Crippen molar-refractivity contribution in [3.8, 4) is 11.6 Å². The quantitative estimate of drug-likeness (QED) is 0.496. The molecule has 0 aliphatic carbocycles. The van der Waals surface area contributed by atoms with Crippen LogP contribution in [0, 0.1) is 0 Å². The third-order valence-corrected chi connectivity index (χ3v) is 7.77. The highest BCUT2D eigenvalue weighted by Crippen LogP contribution is 2.35. The van der Waals surface area contributed by atoms with E-state index in [1.165, 1.54) is 18.1 Å². The van der Waals surface area contributed by atoms with E-state index in [4.69, 9.17) is 19.9 Å². The highest BCUT2D eigenvalue weighted by molar-refractivity contribution is 8.00. The monoisotopic (exact) mass is 522 g/mol. The third-order valence-electron chi connectivity index (χ3n) is 6.70. The van der Waals surface area contributed by atoms with Gasteiger partial charge in [-0.3, -0.25) is 14.6 Å². The summed E-state index contributed by atoms with van der Waals surface area (Å²) < 4.78 is 17.2. The van der Waals surface area contributed by atoms with Gasteiger partial charge in [0, 0.05) is 30.2 Å². The number of carbonyl (C=O) groups excluding carboxylic acids is 2. The van der Waals surface area contributed by atoms with E-state index in [1.54, 1.807) is 12.0 Å². The molecule has 0 saturated carbocycles. The summed E-state index contributed by atoms with van der Waals surface area (Å²) in [5, 5.41) is 3.62. The Hall–Kier alpha value is -3.61. The number of rotatable bonds is 6. The van der Waals surface area contributed by atoms with Crippen LogP contribution in [0.25, 0.3) is 10.9 Å². The first kappa shape index (κ1) is 23.8. The van der Waals surface area contributed by atoms with Crippen LogP contribution in [0.15, 0.2) is 47.6 Å². The van der Waals surface area contributed by atoms with E-state index in [1.807, 2.05) is 36.4 Å². The van der Waals surface area contributed by atoms with Crippen molar-refractivity contribution in [3.05, 3.63) is 42.7 Å². The van der Waals surface area contributed by atoms with Gasteiger partial charge in [-0.2, -0.15) is 0 Å². The molecule has 4 heterocycles. The molecule has 0 bridgehead atoms. The van der Waals surface area contributed by atoms with E-state index in [2.05, 4.69) is 20.2 Å². The number of amides is 2. The van der Waals surface area contributed by atoms with Crippen LogP contribution >= 0.6 is 11.8 Å². The Kier molecular flexibility index (Phi) is 6.22. The normalized spacial score (nSPS) is 23.6. The highest BCUT2D eigenvalue weighted by atomic mass is 32.2. The van der Waals surface area contributed by atoms with Crippen LogP contribution in [0.1, 0.15) is 0 Å². The molecular weight excluding hydrogens is 496 g/mol. The van der Waals surface area contributed by atoms with E-state index in [0.717, 1.165) is 21.5 Å². The first-order chi connectivity index (χ1) is 18.0. The SMILES string of the molecule is COc1ccc2ncnc(O[C@@H]3CN(C[C@@H]4CN(c5ccc6c(c5)NC(=O)CS6)C(=O)O4)C[C@H]3N)c2c1. The van der Waals surface area contributed by atoms with Crippen molar-refractivity contribution in [1.29, 1.82) is 0 Å². The lowest BCUT2D eigenvalue weighted by Crippen LogP contribution is -2.37. The Labute approximate surface area is 217 Å². The molecule has 3 aliphatic heterocycles. The lowest BCUT2D eigenvalue weighted by Gasteiger charge is -2.21. The van der Waals surface area contributed by atoms with Crippen LogP contribution in [0.4, 0.5) is 16.2 Å². The summed E-state index contributed by atoms with van der Waals surface area (Å²) in [6.07, 6.45) is 0.471. The zero-order valence-corrected chi connectivity index (χ0v) is 20.9. The van der Waals surface area contributed by atoms with Crippen LogP contribution < -0.4 is 25.4 Å². The highest BCUT2D eigenvalue weighted by Gasteiger charge is 2.38. The minimum Gasteiger partial charge on any atom is -0.497 e. The van der Waals surface area contributed by atoms with Gasteiger partial charge in [-0.15, -0.1) is 11.8 Å². The van der Waals surface area contributed by atoms with Gasteiger partial charge < -0.3 is 25.3 Å². The zero-order valence-electron chi connectivity index (χ0n) is 20.1. The molecule has 2 aromatic carbocycles. The molecule has 11 nitrogen and oxygen atoms in total. The maximum Gasteiger partial charge on any atom is 0.414 e. The molecule has 192 valence electrons. The molecule has 0 unspecified atom stereocenters. The van der Waals surface area contributed by atoms with E-state index >= 15 is 0 Å². The Bertz CT molecular complexity index is 1370. The number of thioether (sulfide) groups is 1. The van der Waals surface area contributed by atoms with Crippen LogP contribution in [-0.2, 0) is 9.53 Å². The average molecular weight is 523 g/mol. The molecule has 3 N–H and O–H groups in total. The molecule has 12 heteroatoms. The van der Waals surface area contributed by atoms with Crippen molar-refractivity contribution in [2.24, 2.45) is 5.73 Å². The number of ether oxygens (including phenoxy) is 3. The van der Waals surface area contributed by atoms with Crippen molar-refractivity contribution in [1.82, 2.24) is 14.9 Å². The molecule has 3 aliphatic rings. The van der Waals surface area contributed by atoms with Gasteiger partial charge in [-0.05, 0) is 36.4 Å². The van der Waals surface area contributed by atoms with E-state index in [-0.39, 0.29) is 24.2 Å². The number of anilines is 2.